The predicted octanol–water partition coefficient (Wildman–Crippen LogP) is 6.08. The molecule has 0 radical (unpaired) electrons. The van der Waals surface area contributed by atoms with Crippen LogP contribution in [0.1, 0.15) is 15.9 Å². The lowest BCUT2D eigenvalue weighted by molar-refractivity contribution is 0.0730. The molecule has 0 fully saturated rings. The van der Waals surface area contributed by atoms with Gasteiger partial charge in [-0.05, 0) is 54.1 Å². The van der Waals surface area contributed by atoms with Crippen LogP contribution in [0.3, 0.4) is 0 Å². The number of esters is 1. The number of nitrogens with zero attached hydrogens (tertiary/aromatic N) is 2. The molecule has 6 nitrogen and oxygen atoms in total. The van der Waals surface area contributed by atoms with Crippen LogP contribution < -0.4 is 10.4 Å². The molecule has 4 aromatic carbocycles. The third-order valence-corrected chi connectivity index (χ3v) is 6.02. The van der Waals surface area contributed by atoms with Gasteiger partial charge in [0.15, 0.2) is 0 Å². The summed E-state index contributed by atoms with van der Waals surface area (Å²) in [5.74, 6) is 0.369. The highest BCUT2D eigenvalue weighted by molar-refractivity contribution is 5.94. The van der Waals surface area contributed by atoms with Crippen LogP contribution in [0.2, 0.25) is 0 Å². The summed E-state index contributed by atoms with van der Waals surface area (Å²) in [7, 11) is 0. The first kappa shape index (κ1) is 21.6. The number of carbonyl (C=O) groups is 1. The molecular formula is C30H20N2O4. The van der Waals surface area contributed by atoms with Crippen molar-refractivity contribution in [3.8, 4) is 17.1 Å². The van der Waals surface area contributed by atoms with E-state index in [1.165, 1.54) is 11.6 Å². The van der Waals surface area contributed by atoms with E-state index in [1.807, 2.05) is 48.5 Å². The number of rotatable bonds is 5. The van der Waals surface area contributed by atoms with Crippen molar-refractivity contribution in [1.29, 1.82) is 0 Å². The van der Waals surface area contributed by atoms with Gasteiger partial charge in [-0.25, -0.2) is 14.6 Å². The Labute approximate surface area is 206 Å². The average Bonchev–Trinajstić information content (AvgIpc) is 3.27. The molecule has 174 valence electrons. The van der Waals surface area contributed by atoms with Crippen molar-refractivity contribution < 1.29 is 13.9 Å². The van der Waals surface area contributed by atoms with Gasteiger partial charge < -0.3 is 13.7 Å². The molecule has 0 N–H and O–H groups in total. The molecule has 0 aliphatic rings. The smallest absolute Gasteiger partial charge is 0.351 e. The number of imidazole rings is 1. The first-order chi connectivity index (χ1) is 17.7. The van der Waals surface area contributed by atoms with Crippen molar-refractivity contribution >= 4 is 28.0 Å². The van der Waals surface area contributed by atoms with E-state index in [9.17, 15) is 9.59 Å². The van der Waals surface area contributed by atoms with Crippen molar-refractivity contribution in [2.45, 2.75) is 6.54 Å². The summed E-state index contributed by atoms with van der Waals surface area (Å²) >= 11 is 0. The molecule has 0 aliphatic heterocycles. The summed E-state index contributed by atoms with van der Waals surface area (Å²) in [6.07, 6.45) is 0. The molecule has 0 spiro atoms. The van der Waals surface area contributed by atoms with Crippen LogP contribution in [-0.4, -0.2) is 15.5 Å². The molecule has 0 atom stereocenters. The van der Waals surface area contributed by atoms with Gasteiger partial charge in [0.25, 0.3) is 0 Å². The van der Waals surface area contributed by atoms with Gasteiger partial charge in [-0.3, -0.25) is 0 Å². The quantitative estimate of drug-likeness (QED) is 0.173. The summed E-state index contributed by atoms with van der Waals surface area (Å²) in [4.78, 5) is 29.9. The molecule has 6 aromatic rings. The molecule has 2 aromatic heterocycles. The summed E-state index contributed by atoms with van der Waals surface area (Å²) < 4.78 is 12.9. The summed E-state index contributed by atoms with van der Waals surface area (Å²) in [6, 6.07) is 33.8. The first-order valence-corrected chi connectivity index (χ1v) is 11.5. The highest BCUT2D eigenvalue weighted by atomic mass is 16.5. The van der Waals surface area contributed by atoms with Crippen LogP contribution in [0.15, 0.2) is 118 Å². The molecule has 0 bridgehead atoms. The van der Waals surface area contributed by atoms with Gasteiger partial charge >= 0.3 is 11.6 Å². The van der Waals surface area contributed by atoms with Crippen LogP contribution in [0, 0.1) is 0 Å². The van der Waals surface area contributed by atoms with Gasteiger partial charge in [-0.2, -0.15) is 0 Å². The standard InChI is InChI=1S/C30H20N2O4/c33-29(24-18-22-10-4-7-13-27(22)36-30(24)34)35-23-16-14-21(15-17-23)28-31-25-11-5-6-12-26(25)32(28)19-20-8-2-1-3-9-20/h1-18H,19H2. The zero-order chi connectivity index (χ0) is 24.5. The van der Waals surface area contributed by atoms with Gasteiger partial charge in [-0.15, -0.1) is 0 Å². The fourth-order valence-electron chi connectivity index (χ4n) is 4.26. The summed E-state index contributed by atoms with van der Waals surface area (Å²) in [6.45, 7) is 0.672. The number of hydrogen-bond acceptors (Lipinski definition) is 5. The van der Waals surface area contributed by atoms with E-state index in [0.29, 0.717) is 23.3 Å². The lowest BCUT2D eigenvalue weighted by atomic mass is 10.1. The second-order valence-corrected chi connectivity index (χ2v) is 8.40. The minimum atomic E-state index is -0.765. The molecule has 0 aliphatic carbocycles. The molecular weight excluding hydrogens is 452 g/mol. The van der Waals surface area contributed by atoms with Crippen molar-refractivity contribution in [2.24, 2.45) is 0 Å². The van der Waals surface area contributed by atoms with E-state index in [1.54, 1.807) is 36.4 Å². The Bertz CT molecular complexity index is 1770. The van der Waals surface area contributed by atoms with Crippen molar-refractivity contribution in [3.63, 3.8) is 0 Å². The Hall–Kier alpha value is -4.97. The number of hydrogen-bond donors (Lipinski definition) is 0. The van der Waals surface area contributed by atoms with E-state index < -0.39 is 11.6 Å². The van der Waals surface area contributed by atoms with Gasteiger partial charge in [-0.1, -0.05) is 60.7 Å². The Morgan fingerprint density at radius 3 is 2.39 bits per heavy atom. The largest absolute Gasteiger partial charge is 0.423 e. The van der Waals surface area contributed by atoms with Crippen molar-refractivity contribution in [2.75, 3.05) is 0 Å². The summed E-state index contributed by atoms with van der Waals surface area (Å²) in [5, 5.41) is 0.650. The zero-order valence-electron chi connectivity index (χ0n) is 19.1. The minimum Gasteiger partial charge on any atom is -0.423 e. The van der Waals surface area contributed by atoms with Crippen LogP contribution in [0.4, 0.5) is 0 Å². The lowest BCUT2D eigenvalue weighted by Gasteiger charge is -2.10. The highest BCUT2D eigenvalue weighted by Gasteiger charge is 2.17. The summed E-state index contributed by atoms with van der Waals surface area (Å²) in [5.41, 5.74) is 3.53. The molecule has 0 amide bonds. The molecule has 0 saturated heterocycles. The maximum atomic E-state index is 12.7. The molecule has 2 heterocycles. The number of carbonyl (C=O) groups excluding carboxylic acids is 1. The lowest BCUT2D eigenvalue weighted by Crippen LogP contribution is -2.18. The van der Waals surface area contributed by atoms with Gasteiger partial charge in [0, 0.05) is 17.5 Å². The monoisotopic (exact) mass is 472 g/mol. The Balaban J connectivity index is 1.30. The van der Waals surface area contributed by atoms with E-state index in [4.69, 9.17) is 14.1 Å². The normalized spacial score (nSPS) is 11.1. The maximum absolute atomic E-state index is 12.7. The van der Waals surface area contributed by atoms with Crippen molar-refractivity contribution in [3.05, 3.63) is 131 Å². The molecule has 6 rings (SSSR count). The van der Waals surface area contributed by atoms with Crippen LogP contribution in [-0.2, 0) is 6.54 Å². The number of para-hydroxylation sites is 3. The first-order valence-electron chi connectivity index (χ1n) is 11.5. The number of fused-ring (bicyclic) bond motifs is 2. The second kappa shape index (κ2) is 9.00. The Morgan fingerprint density at radius 1 is 0.833 bits per heavy atom. The third-order valence-electron chi connectivity index (χ3n) is 6.02. The number of ether oxygens (including phenoxy) is 1. The van der Waals surface area contributed by atoms with E-state index in [-0.39, 0.29) is 5.56 Å². The van der Waals surface area contributed by atoms with Gasteiger partial charge in [0.1, 0.15) is 22.7 Å². The molecule has 0 unspecified atom stereocenters. The number of benzene rings is 4. The molecule has 36 heavy (non-hydrogen) atoms. The van der Waals surface area contributed by atoms with E-state index in [2.05, 4.69) is 22.8 Å². The van der Waals surface area contributed by atoms with Crippen molar-refractivity contribution in [1.82, 2.24) is 9.55 Å². The highest BCUT2D eigenvalue weighted by Crippen LogP contribution is 2.28. The molecule has 6 heteroatoms. The third kappa shape index (κ3) is 4.05. The Morgan fingerprint density at radius 2 is 1.56 bits per heavy atom. The predicted molar refractivity (Wildman–Crippen MR) is 138 cm³/mol. The zero-order valence-corrected chi connectivity index (χ0v) is 19.1. The van der Waals surface area contributed by atoms with Crippen LogP contribution in [0.25, 0.3) is 33.4 Å². The van der Waals surface area contributed by atoms with E-state index in [0.717, 1.165) is 22.4 Å². The SMILES string of the molecule is O=C(Oc1ccc(-c2nc3ccccc3n2Cc2ccccc2)cc1)c1cc2ccccc2oc1=O. The maximum Gasteiger partial charge on any atom is 0.351 e. The topological polar surface area (TPSA) is 74.3 Å². The fourth-order valence-corrected chi connectivity index (χ4v) is 4.26. The fraction of sp³-hybridized carbons (Fsp3) is 0.0333. The minimum absolute atomic E-state index is 0.151. The van der Waals surface area contributed by atoms with Crippen LogP contribution in [0.5, 0.6) is 5.75 Å². The van der Waals surface area contributed by atoms with Gasteiger partial charge in [0.05, 0.1) is 11.0 Å². The van der Waals surface area contributed by atoms with Gasteiger partial charge in [0.2, 0.25) is 0 Å². The van der Waals surface area contributed by atoms with Crippen LogP contribution >= 0.6 is 0 Å². The van der Waals surface area contributed by atoms with E-state index >= 15 is 0 Å². The number of aromatic nitrogens is 2. The average molecular weight is 473 g/mol. The Kier molecular flexibility index (Phi) is 5.39. The molecule has 0 saturated carbocycles. The second-order valence-electron chi connectivity index (χ2n) is 8.40.